The molecule has 0 N–H and O–H groups in total. The van der Waals surface area contributed by atoms with E-state index in [0.717, 1.165) is 58.0 Å². The summed E-state index contributed by atoms with van der Waals surface area (Å²) in [5.74, 6) is 0.288. The monoisotopic (exact) mass is 356 g/mol. The molecule has 142 valence electrons. The highest BCUT2D eigenvalue weighted by molar-refractivity contribution is 5.75. The van der Waals surface area contributed by atoms with Gasteiger partial charge in [-0.05, 0) is 44.1 Å². The van der Waals surface area contributed by atoms with Crippen molar-refractivity contribution >= 4 is 5.91 Å². The van der Waals surface area contributed by atoms with Crippen molar-refractivity contribution in [2.24, 2.45) is 0 Å². The molecule has 1 aromatic carbocycles. The zero-order chi connectivity index (χ0) is 18.0. The fourth-order valence-corrected chi connectivity index (χ4v) is 4.78. The van der Waals surface area contributed by atoms with Crippen molar-refractivity contribution in [3.05, 3.63) is 35.9 Å². The van der Waals surface area contributed by atoms with Crippen molar-refractivity contribution in [2.45, 2.75) is 76.1 Å². The van der Waals surface area contributed by atoms with Gasteiger partial charge < -0.3 is 9.64 Å². The van der Waals surface area contributed by atoms with E-state index in [1.54, 1.807) is 0 Å². The van der Waals surface area contributed by atoms with Crippen LogP contribution in [0.2, 0.25) is 0 Å². The van der Waals surface area contributed by atoms with Crippen LogP contribution in [0.15, 0.2) is 30.3 Å². The van der Waals surface area contributed by atoms with Crippen LogP contribution < -0.4 is 0 Å². The Morgan fingerprint density at radius 2 is 1.88 bits per heavy atom. The molecule has 1 unspecified atom stereocenters. The first-order chi connectivity index (χ1) is 12.7. The second-order valence-corrected chi connectivity index (χ2v) is 8.30. The minimum absolute atomic E-state index is 0.00271. The molecule has 26 heavy (non-hydrogen) atoms. The lowest BCUT2D eigenvalue weighted by Gasteiger charge is -2.48. The van der Waals surface area contributed by atoms with E-state index in [9.17, 15) is 4.79 Å². The fraction of sp³-hybridized carbons (Fsp3) is 0.682. The van der Waals surface area contributed by atoms with Crippen LogP contribution in [0.1, 0.15) is 57.4 Å². The Bertz CT molecular complexity index is 606. The molecular formula is C22H32N2O2. The van der Waals surface area contributed by atoms with E-state index in [2.05, 4.69) is 35.2 Å². The number of likely N-dealkylation sites (tertiary alicyclic amines) is 1. The predicted molar refractivity (Wildman–Crippen MR) is 103 cm³/mol. The Balaban J connectivity index is 1.41. The van der Waals surface area contributed by atoms with Gasteiger partial charge in [-0.15, -0.1) is 0 Å². The summed E-state index contributed by atoms with van der Waals surface area (Å²) in [4.78, 5) is 16.8. The molecule has 1 spiro atoms. The average Bonchev–Trinajstić information content (AvgIpc) is 3.52. The van der Waals surface area contributed by atoms with E-state index in [1.807, 2.05) is 11.8 Å². The second kappa shape index (κ2) is 7.69. The van der Waals surface area contributed by atoms with E-state index >= 15 is 0 Å². The normalized spacial score (nSPS) is 25.6. The van der Waals surface area contributed by atoms with Crippen molar-refractivity contribution in [3.63, 3.8) is 0 Å². The van der Waals surface area contributed by atoms with E-state index < -0.39 is 0 Å². The zero-order valence-electron chi connectivity index (χ0n) is 16.0. The average molecular weight is 357 g/mol. The third-order valence-electron chi connectivity index (χ3n) is 6.49. The van der Waals surface area contributed by atoms with E-state index in [4.69, 9.17) is 4.74 Å². The van der Waals surface area contributed by atoms with Crippen LogP contribution in [0.5, 0.6) is 0 Å². The molecule has 1 aromatic rings. The Morgan fingerprint density at radius 1 is 1.15 bits per heavy atom. The van der Waals surface area contributed by atoms with Crippen molar-refractivity contribution in [2.75, 3.05) is 19.7 Å². The van der Waals surface area contributed by atoms with Gasteiger partial charge in [0, 0.05) is 44.7 Å². The van der Waals surface area contributed by atoms with E-state index in [1.165, 1.54) is 18.4 Å². The van der Waals surface area contributed by atoms with E-state index in [0.29, 0.717) is 12.5 Å². The lowest BCUT2D eigenvalue weighted by atomic mass is 9.81. The van der Waals surface area contributed by atoms with Crippen LogP contribution in [-0.4, -0.2) is 53.1 Å². The molecule has 1 atom stereocenters. The summed E-state index contributed by atoms with van der Waals surface area (Å²) < 4.78 is 6.33. The summed E-state index contributed by atoms with van der Waals surface area (Å²) >= 11 is 0. The number of rotatable bonds is 5. The highest BCUT2D eigenvalue weighted by Gasteiger charge is 2.44. The van der Waals surface area contributed by atoms with Gasteiger partial charge in [0.2, 0.25) is 5.91 Å². The summed E-state index contributed by atoms with van der Waals surface area (Å²) in [6.07, 6.45) is 7.57. The van der Waals surface area contributed by atoms with Crippen LogP contribution in [0, 0.1) is 0 Å². The molecule has 0 radical (unpaired) electrons. The third-order valence-corrected chi connectivity index (χ3v) is 6.49. The first-order valence-corrected chi connectivity index (χ1v) is 10.4. The molecular weight excluding hydrogens is 324 g/mol. The highest BCUT2D eigenvalue weighted by atomic mass is 16.5. The number of amides is 1. The third kappa shape index (κ3) is 3.96. The van der Waals surface area contributed by atoms with Gasteiger partial charge in [-0.25, -0.2) is 0 Å². The maximum Gasteiger partial charge on any atom is 0.222 e. The number of carbonyl (C=O) groups is 1. The van der Waals surface area contributed by atoms with Crippen LogP contribution in [0.3, 0.4) is 0 Å². The smallest absolute Gasteiger partial charge is 0.222 e. The molecule has 2 saturated heterocycles. The summed E-state index contributed by atoms with van der Waals surface area (Å²) in [7, 11) is 0. The molecule has 4 nitrogen and oxygen atoms in total. The molecule has 2 aliphatic heterocycles. The molecule has 2 heterocycles. The van der Waals surface area contributed by atoms with Crippen LogP contribution in [0.4, 0.5) is 0 Å². The van der Waals surface area contributed by atoms with Gasteiger partial charge in [-0.2, -0.15) is 0 Å². The molecule has 0 aromatic heterocycles. The first-order valence-electron chi connectivity index (χ1n) is 10.4. The number of carbonyl (C=O) groups excluding carboxylic acids is 1. The summed E-state index contributed by atoms with van der Waals surface area (Å²) in [5, 5.41) is 0. The Labute approximate surface area is 157 Å². The molecule has 1 amide bonds. The second-order valence-electron chi connectivity index (χ2n) is 8.30. The van der Waals surface area contributed by atoms with Gasteiger partial charge in [0.25, 0.3) is 0 Å². The van der Waals surface area contributed by atoms with Gasteiger partial charge in [0.15, 0.2) is 0 Å². The number of benzene rings is 1. The molecule has 4 rings (SSSR count). The fourth-order valence-electron chi connectivity index (χ4n) is 4.78. The van der Waals surface area contributed by atoms with Crippen molar-refractivity contribution in [1.82, 2.24) is 9.80 Å². The number of nitrogens with zero attached hydrogens (tertiary/aromatic N) is 2. The topological polar surface area (TPSA) is 32.8 Å². The summed E-state index contributed by atoms with van der Waals surface area (Å²) in [6, 6.07) is 12.3. The maximum atomic E-state index is 12.0. The molecule has 1 aliphatic carbocycles. The number of piperidine rings is 1. The molecule has 0 bridgehead atoms. The van der Waals surface area contributed by atoms with Gasteiger partial charge >= 0.3 is 0 Å². The number of hydrogen-bond acceptors (Lipinski definition) is 3. The predicted octanol–water partition coefficient (Wildman–Crippen LogP) is 3.60. The largest absolute Gasteiger partial charge is 0.375 e. The highest BCUT2D eigenvalue weighted by Crippen LogP contribution is 2.40. The molecule has 3 fully saturated rings. The first kappa shape index (κ1) is 18.0. The standard InChI is InChI=1S/C22H32N2O2/c1-2-21(25)23-13-11-22(12-14-23)16-20(10-15-26-22)24(19-8-9-19)17-18-6-4-3-5-7-18/h3-7,19-20H,2,8-17H2,1H3. The molecule has 1 saturated carbocycles. The molecule has 4 heteroatoms. The number of ether oxygens (including phenoxy) is 1. The molecule has 3 aliphatic rings. The zero-order valence-corrected chi connectivity index (χ0v) is 16.0. The van der Waals surface area contributed by atoms with Crippen LogP contribution in [-0.2, 0) is 16.1 Å². The quantitative estimate of drug-likeness (QED) is 0.808. The van der Waals surface area contributed by atoms with Crippen molar-refractivity contribution in [3.8, 4) is 0 Å². The van der Waals surface area contributed by atoms with Crippen LogP contribution in [0.25, 0.3) is 0 Å². The van der Waals surface area contributed by atoms with Crippen molar-refractivity contribution in [1.29, 1.82) is 0 Å². The minimum atomic E-state index is -0.00271. The Hall–Kier alpha value is -1.39. The van der Waals surface area contributed by atoms with Crippen molar-refractivity contribution < 1.29 is 9.53 Å². The minimum Gasteiger partial charge on any atom is -0.375 e. The maximum absolute atomic E-state index is 12.0. The lowest BCUT2D eigenvalue weighted by molar-refractivity contribution is -0.149. The Morgan fingerprint density at radius 3 is 2.54 bits per heavy atom. The Kier molecular flexibility index (Phi) is 5.32. The van der Waals surface area contributed by atoms with Gasteiger partial charge in [0.05, 0.1) is 5.60 Å². The number of hydrogen-bond donors (Lipinski definition) is 0. The van der Waals surface area contributed by atoms with Crippen LogP contribution >= 0.6 is 0 Å². The lowest BCUT2D eigenvalue weighted by Crippen LogP contribution is -2.54. The summed E-state index contributed by atoms with van der Waals surface area (Å²) in [6.45, 7) is 5.61. The van der Waals surface area contributed by atoms with Gasteiger partial charge in [-0.1, -0.05) is 37.3 Å². The van der Waals surface area contributed by atoms with Gasteiger partial charge in [0.1, 0.15) is 0 Å². The van der Waals surface area contributed by atoms with Gasteiger partial charge in [-0.3, -0.25) is 9.69 Å². The SMILES string of the molecule is CCC(=O)N1CCC2(CC1)CC(N(Cc1ccccc1)C1CC1)CCO2. The van der Waals surface area contributed by atoms with E-state index in [-0.39, 0.29) is 11.5 Å². The summed E-state index contributed by atoms with van der Waals surface area (Å²) in [5.41, 5.74) is 1.42.